The number of amides is 1. The van der Waals surface area contributed by atoms with Crippen molar-refractivity contribution in [3.05, 3.63) is 65.2 Å². The van der Waals surface area contributed by atoms with E-state index in [4.69, 9.17) is 0 Å². The van der Waals surface area contributed by atoms with Gasteiger partial charge in [0.15, 0.2) is 0 Å². The normalized spacial score (nSPS) is 21.7. The predicted molar refractivity (Wildman–Crippen MR) is 110 cm³/mol. The van der Waals surface area contributed by atoms with Gasteiger partial charge in [-0.2, -0.15) is 13.2 Å². The molecule has 2 heterocycles. The first kappa shape index (κ1) is 20.7. The maximum atomic E-state index is 13.2. The van der Waals surface area contributed by atoms with Crippen molar-refractivity contribution in [3.63, 3.8) is 0 Å². The van der Waals surface area contributed by atoms with Crippen molar-refractivity contribution in [1.29, 1.82) is 0 Å². The Bertz CT molecular complexity index is 900. The molecule has 0 aliphatic carbocycles. The average molecular weight is 417 g/mol. The highest BCUT2D eigenvalue weighted by atomic mass is 19.4. The minimum atomic E-state index is -4.39. The number of carbonyl (C=O) groups is 1. The quantitative estimate of drug-likeness (QED) is 0.824. The van der Waals surface area contributed by atoms with Crippen LogP contribution in [0.25, 0.3) is 0 Å². The molecule has 2 atom stereocenters. The SMILES string of the molecule is CCNC(=O)[C@H]1Cc2cc(C(F)(F)F)ccc2N2CCN(Cc3ccccc3)C[C@@H]12. The molecule has 7 heteroatoms. The highest BCUT2D eigenvalue weighted by Crippen LogP contribution is 2.39. The average Bonchev–Trinajstić information content (AvgIpc) is 2.73. The summed E-state index contributed by atoms with van der Waals surface area (Å²) in [5.74, 6) is -0.461. The van der Waals surface area contributed by atoms with Gasteiger partial charge in [0.05, 0.1) is 17.5 Å². The standard InChI is InChI=1S/C23H26F3N3O/c1-2-27-22(30)19-13-17-12-18(23(24,25)26)8-9-20(17)29-11-10-28(15-21(19)29)14-16-6-4-3-5-7-16/h3-9,12,19,21H,2,10-11,13-15H2,1H3,(H,27,30)/t19-,21-/m0/s1. The maximum absolute atomic E-state index is 13.2. The molecule has 0 saturated carbocycles. The molecule has 4 rings (SSSR count). The molecule has 2 aliphatic rings. The van der Waals surface area contributed by atoms with Crippen LogP contribution in [-0.2, 0) is 23.9 Å². The Morgan fingerprint density at radius 1 is 1.13 bits per heavy atom. The molecule has 0 aromatic heterocycles. The number of fused-ring (bicyclic) bond motifs is 3. The van der Waals surface area contributed by atoms with E-state index >= 15 is 0 Å². The third-order valence-corrected chi connectivity index (χ3v) is 6.06. The van der Waals surface area contributed by atoms with Crippen molar-refractivity contribution in [2.24, 2.45) is 5.92 Å². The van der Waals surface area contributed by atoms with Crippen molar-refractivity contribution < 1.29 is 18.0 Å². The number of hydrogen-bond acceptors (Lipinski definition) is 3. The van der Waals surface area contributed by atoms with E-state index in [0.29, 0.717) is 31.6 Å². The van der Waals surface area contributed by atoms with Crippen molar-refractivity contribution in [2.45, 2.75) is 32.1 Å². The molecule has 30 heavy (non-hydrogen) atoms. The zero-order valence-electron chi connectivity index (χ0n) is 17.0. The molecule has 160 valence electrons. The zero-order chi connectivity index (χ0) is 21.3. The lowest BCUT2D eigenvalue weighted by Gasteiger charge is -2.49. The lowest BCUT2D eigenvalue weighted by atomic mass is 9.82. The van der Waals surface area contributed by atoms with Crippen molar-refractivity contribution >= 4 is 11.6 Å². The molecule has 1 fully saturated rings. The fourth-order valence-corrected chi connectivity index (χ4v) is 4.65. The van der Waals surface area contributed by atoms with E-state index in [9.17, 15) is 18.0 Å². The van der Waals surface area contributed by atoms with Crippen LogP contribution in [0.4, 0.5) is 18.9 Å². The number of nitrogens with one attached hydrogen (secondary N) is 1. The summed E-state index contributed by atoms with van der Waals surface area (Å²) in [6.07, 6.45) is -4.06. The third kappa shape index (κ3) is 4.17. The first-order valence-corrected chi connectivity index (χ1v) is 10.4. The summed E-state index contributed by atoms with van der Waals surface area (Å²) in [5, 5.41) is 2.88. The van der Waals surface area contributed by atoms with Crippen LogP contribution in [-0.4, -0.2) is 43.0 Å². The van der Waals surface area contributed by atoms with Gasteiger partial charge in [-0.3, -0.25) is 9.69 Å². The lowest BCUT2D eigenvalue weighted by molar-refractivity contribution is -0.137. The van der Waals surface area contributed by atoms with Gasteiger partial charge in [-0.15, -0.1) is 0 Å². The summed E-state index contributed by atoms with van der Waals surface area (Å²) >= 11 is 0. The van der Waals surface area contributed by atoms with Crippen LogP contribution in [0.1, 0.15) is 23.6 Å². The second-order valence-corrected chi connectivity index (χ2v) is 8.03. The van der Waals surface area contributed by atoms with Crippen LogP contribution in [0.3, 0.4) is 0 Å². The fourth-order valence-electron chi connectivity index (χ4n) is 4.65. The topological polar surface area (TPSA) is 35.6 Å². The van der Waals surface area contributed by atoms with Gasteiger partial charge in [-0.1, -0.05) is 30.3 Å². The van der Waals surface area contributed by atoms with Crippen molar-refractivity contribution in [2.75, 3.05) is 31.1 Å². The van der Waals surface area contributed by atoms with Crippen LogP contribution in [0.5, 0.6) is 0 Å². The highest BCUT2D eigenvalue weighted by molar-refractivity contribution is 5.82. The minimum absolute atomic E-state index is 0.0572. The van der Waals surface area contributed by atoms with Crippen molar-refractivity contribution in [3.8, 4) is 0 Å². The zero-order valence-corrected chi connectivity index (χ0v) is 17.0. The third-order valence-electron chi connectivity index (χ3n) is 6.06. The van der Waals surface area contributed by atoms with Gasteiger partial charge in [0, 0.05) is 38.4 Å². The van der Waals surface area contributed by atoms with Gasteiger partial charge in [0.1, 0.15) is 0 Å². The van der Waals surface area contributed by atoms with Crippen LogP contribution < -0.4 is 10.2 Å². The Morgan fingerprint density at radius 3 is 2.60 bits per heavy atom. The predicted octanol–water partition coefficient (Wildman–Crippen LogP) is 3.70. The summed E-state index contributed by atoms with van der Waals surface area (Å²) in [5.41, 5.74) is 1.99. The van der Waals surface area contributed by atoms with E-state index < -0.39 is 11.7 Å². The number of nitrogens with zero attached hydrogens (tertiary/aromatic N) is 2. The lowest BCUT2D eigenvalue weighted by Crippen LogP contribution is -2.60. The van der Waals surface area contributed by atoms with Gasteiger partial charge < -0.3 is 10.2 Å². The van der Waals surface area contributed by atoms with Crippen LogP contribution in [0.15, 0.2) is 48.5 Å². The molecule has 0 bridgehead atoms. The second kappa shape index (κ2) is 8.30. The van der Waals surface area contributed by atoms with Gasteiger partial charge in [-0.25, -0.2) is 0 Å². The first-order valence-electron chi connectivity index (χ1n) is 10.4. The Labute approximate surface area is 174 Å². The van der Waals surface area contributed by atoms with E-state index in [1.807, 2.05) is 25.1 Å². The molecule has 1 saturated heterocycles. The molecule has 2 aromatic rings. The summed E-state index contributed by atoms with van der Waals surface area (Å²) in [6.45, 7) is 5.35. The van der Waals surface area contributed by atoms with Crippen LogP contribution >= 0.6 is 0 Å². The van der Waals surface area contributed by atoms with Gasteiger partial charge >= 0.3 is 6.18 Å². The molecule has 2 aromatic carbocycles. The number of anilines is 1. The van der Waals surface area contributed by atoms with E-state index in [2.05, 4.69) is 27.2 Å². The van der Waals surface area contributed by atoms with E-state index in [-0.39, 0.29) is 17.9 Å². The monoisotopic (exact) mass is 417 g/mol. The second-order valence-electron chi connectivity index (χ2n) is 8.03. The Morgan fingerprint density at radius 2 is 1.90 bits per heavy atom. The van der Waals surface area contributed by atoms with E-state index in [0.717, 1.165) is 24.8 Å². The molecule has 1 amide bonds. The number of benzene rings is 2. The summed E-state index contributed by atoms with van der Waals surface area (Å²) in [7, 11) is 0. The largest absolute Gasteiger partial charge is 0.416 e. The van der Waals surface area contributed by atoms with E-state index in [1.54, 1.807) is 6.07 Å². The molecular weight excluding hydrogens is 391 g/mol. The first-order chi connectivity index (χ1) is 14.4. The molecule has 1 N–H and O–H groups in total. The Balaban J connectivity index is 1.62. The summed E-state index contributed by atoms with van der Waals surface area (Å²) in [6, 6.07) is 14.1. The molecule has 0 unspecified atom stereocenters. The molecule has 4 nitrogen and oxygen atoms in total. The number of rotatable bonds is 4. The maximum Gasteiger partial charge on any atom is 0.416 e. The molecule has 0 spiro atoms. The van der Waals surface area contributed by atoms with Gasteiger partial charge in [0.25, 0.3) is 0 Å². The van der Waals surface area contributed by atoms with Crippen LogP contribution in [0.2, 0.25) is 0 Å². The van der Waals surface area contributed by atoms with Gasteiger partial charge in [-0.05, 0) is 42.7 Å². The summed E-state index contributed by atoms with van der Waals surface area (Å²) < 4.78 is 39.7. The highest BCUT2D eigenvalue weighted by Gasteiger charge is 2.42. The number of piperazine rings is 1. The Kier molecular flexibility index (Phi) is 5.73. The molecule has 0 radical (unpaired) electrons. The van der Waals surface area contributed by atoms with Gasteiger partial charge in [0.2, 0.25) is 5.91 Å². The fraction of sp³-hybridized carbons (Fsp3) is 0.435. The van der Waals surface area contributed by atoms with Crippen molar-refractivity contribution in [1.82, 2.24) is 10.2 Å². The van der Waals surface area contributed by atoms with E-state index in [1.165, 1.54) is 11.6 Å². The smallest absolute Gasteiger partial charge is 0.365 e. The Hall–Kier alpha value is -2.54. The molecule has 2 aliphatic heterocycles. The number of carbonyl (C=O) groups excluding carboxylic acids is 1. The molecular formula is C23H26F3N3O. The minimum Gasteiger partial charge on any atom is -0.365 e. The number of hydrogen-bond donors (Lipinski definition) is 1. The number of halogens is 3. The number of alkyl halides is 3. The van der Waals surface area contributed by atoms with Crippen LogP contribution in [0, 0.1) is 5.92 Å². The summed E-state index contributed by atoms with van der Waals surface area (Å²) in [4.78, 5) is 17.3.